The summed E-state index contributed by atoms with van der Waals surface area (Å²) >= 11 is 1.14. The summed E-state index contributed by atoms with van der Waals surface area (Å²) in [6.45, 7) is 3.87. The van der Waals surface area contributed by atoms with Crippen LogP contribution in [0.5, 0.6) is 0 Å². The van der Waals surface area contributed by atoms with Crippen LogP contribution in [0.2, 0.25) is 0 Å². The van der Waals surface area contributed by atoms with Crippen molar-refractivity contribution in [1.82, 2.24) is 15.4 Å². The second kappa shape index (κ2) is 9.86. The summed E-state index contributed by atoms with van der Waals surface area (Å²) in [5.74, 6) is -0.596. The number of hydrazone groups is 1. The Bertz CT molecular complexity index is 834. The monoisotopic (exact) mass is 376 g/mol. The average Bonchev–Trinajstić information content (AvgIpc) is 2.61. The molecule has 26 heavy (non-hydrogen) atoms. The summed E-state index contributed by atoms with van der Waals surface area (Å²) in [4.78, 5) is 31.0. The quantitative estimate of drug-likeness (QED) is 0.321. The van der Waals surface area contributed by atoms with Crippen LogP contribution in [0.4, 0.5) is 4.39 Å². The van der Waals surface area contributed by atoms with E-state index in [2.05, 4.69) is 27.4 Å². The van der Waals surface area contributed by atoms with Crippen LogP contribution >= 0.6 is 11.8 Å². The molecule has 0 aliphatic rings. The zero-order valence-electron chi connectivity index (χ0n) is 14.7. The minimum Gasteiger partial charge on any atom is -0.301 e. The molecule has 0 bridgehead atoms. The number of hydrogen-bond acceptors (Lipinski definition) is 5. The second-order valence-corrected chi connectivity index (χ2v) is 6.64. The Labute approximate surface area is 155 Å². The zero-order valence-corrected chi connectivity index (χ0v) is 15.5. The number of nitrogens with zero attached hydrogens (tertiary/aromatic N) is 2. The number of amides is 1. The Hall–Kier alpha value is -2.48. The summed E-state index contributed by atoms with van der Waals surface area (Å²) in [6, 6.07) is 5.73. The molecule has 2 N–H and O–H groups in total. The molecule has 1 amide bonds. The van der Waals surface area contributed by atoms with Gasteiger partial charge in [-0.25, -0.2) is 14.8 Å². The van der Waals surface area contributed by atoms with Crippen molar-refractivity contribution in [2.24, 2.45) is 5.10 Å². The topological polar surface area (TPSA) is 87.2 Å². The molecule has 1 aromatic heterocycles. The smallest absolute Gasteiger partial charge is 0.254 e. The number of nitrogens with one attached hydrogen (secondary N) is 2. The van der Waals surface area contributed by atoms with E-state index in [9.17, 15) is 14.0 Å². The van der Waals surface area contributed by atoms with Crippen molar-refractivity contribution in [3.05, 3.63) is 57.3 Å². The maximum absolute atomic E-state index is 12.8. The van der Waals surface area contributed by atoms with Gasteiger partial charge in [0.1, 0.15) is 5.82 Å². The summed E-state index contributed by atoms with van der Waals surface area (Å²) in [5.41, 5.74) is 4.29. The first-order chi connectivity index (χ1) is 12.5. The van der Waals surface area contributed by atoms with E-state index in [0.717, 1.165) is 24.6 Å². The first-order valence-electron chi connectivity index (χ1n) is 8.29. The van der Waals surface area contributed by atoms with Gasteiger partial charge < -0.3 is 4.98 Å². The molecule has 0 spiro atoms. The molecule has 2 aromatic rings. The molecule has 2 rings (SSSR count). The fraction of sp³-hybridized carbons (Fsp3) is 0.333. The third kappa shape index (κ3) is 6.11. The SMILES string of the molecule is CCCCc1c(C)nc(SCC(=O)N/N=C\c2ccc(F)cc2)[nH]c1=O. The van der Waals surface area contributed by atoms with E-state index >= 15 is 0 Å². The zero-order chi connectivity index (χ0) is 18.9. The van der Waals surface area contributed by atoms with E-state index in [1.54, 1.807) is 19.1 Å². The van der Waals surface area contributed by atoms with E-state index < -0.39 is 0 Å². The van der Waals surface area contributed by atoms with Gasteiger partial charge in [0, 0.05) is 11.3 Å². The molecule has 8 heteroatoms. The van der Waals surface area contributed by atoms with E-state index in [4.69, 9.17) is 0 Å². The number of halogens is 1. The van der Waals surface area contributed by atoms with Gasteiger partial charge in [-0.1, -0.05) is 37.2 Å². The van der Waals surface area contributed by atoms with Gasteiger partial charge in [-0.15, -0.1) is 0 Å². The number of aryl methyl sites for hydroxylation is 1. The van der Waals surface area contributed by atoms with Crippen molar-refractivity contribution < 1.29 is 9.18 Å². The van der Waals surface area contributed by atoms with E-state index in [-0.39, 0.29) is 23.0 Å². The van der Waals surface area contributed by atoms with Crippen LogP contribution < -0.4 is 11.0 Å². The molecule has 6 nitrogen and oxygen atoms in total. The standard InChI is InChI=1S/C18H21FN4O2S/c1-3-4-5-15-12(2)21-18(22-17(15)25)26-11-16(24)23-20-10-13-6-8-14(19)9-7-13/h6-10H,3-5,11H2,1-2H3,(H,23,24)(H,21,22,25)/b20-10-. The predicted octanol–water partition coefficient (Wildman–Crippen LogP) is 2.80. The maximum atomic E-state index is 12.8. The van der Waals surface area contributed by atoms with Crippen LogP contribution in [0, 0.1) is 12.7 Å². The first kappa shape index (κ1) is 19.8. The average molecular weight is 376 g/mol. The molecule has 0 saturated carbocycles. The number of rotatable bonds is 8. The summed E-state index contributed by atoms with van der Waals surface area (Å²) in [7, 11) is 0. The molecule has 1 heterocycles. The molecule has 138 valence electrons. The third-order valence-corrected chi connectivity index (χ3v) is 4.47. The number of benzene rings is 1. The molecule has 0 saturated heterocycles. The predicted molar refractivity (Wildman–Crippen MR) is 101 cm³/mol. The lowest BCUT2D eigenvalue weighted by molar-refractivity contribution is -0.118. The van der Waals surface area contributed by atoms with Gasteiger partial charge in [0.2, 0.25) is 0 Å². The number of H-pyrrole nitrogens is 1. The van der Waals surface area contributed by atoms with Gasteiger partial charge in [-0.05, 0) is 37.5 Å². The van der Waals surface area contributed by atoms with Crippen LogP contribution in [0.25, 0.3) is 0 Å². The van der Waals surface area contributed by atoms with Gasteiger partial charge in [-0.3, -0.25) is 9.59 Å². The lowest BCUT2D eigenvalue weighted by atomic mass is 10.1. The van der Waals surface area contributed by atoms with Gasteiger partial charge in [-0.2, -0.15) is 5.10 Å². The molecule has 0 radical (unpaired) electrons. The van der Waals surface area contributed by atoms with Crippen molar-refractivity contribution in [1.29, 1.82) is 0 Å². The number of carbonyl (C=O) groups is 1. The third-order valence-electron chi connectivity index (χ3n) is 3.59. The van der Waals surface area contributed by atoms with E-state index in [1.807, 2.05) is 0 Å². The highest BCUT2D eigenvalue weighted by atomic mass is 32.2. The van der Waals surface area contributed by atoms with Crippen LogP contribution in [-0.2, 0) is 11.2 Å². The highest BCUT2D eigenvalue weighted by molar-refractivity contribution is 7.99. The number of hydrogen-bond donors (Lipinski definition) is 2. The highest BCUT2D eigenvalue weighted by Crippen LogP contribution is 2.13. The summed E-state index contributed by atoms with van der Waals surface area (Å²) < 4.78 is 12.8. The first-order valence-corrected chi connectivity index (χ1v) is 9.28. The number of carbonyl (C=O) groups excluding carboxylic acids is 1. The Morgan fingerprint density at radius 2 is 2.12 bits per heavy atom. The fourth-order valence-electron chi connectivity index (χ4n) is 2.19. The van der Waals surface area contributed by atoms with Crippen LogP contribution in [0.3, 0.4) is 0 Å². The summed E-state index contributed by atoms with van der Waals surface area (Å²) in [6.07, 6.45) is 4.07. The Kier molecular flexibility index (Phi) is 7.53. The van der Waals surface area contributed by atoms with Gasteiger partial charge in [0.05, 0.1) is 12.0 Å². The van der Waals surface area contributed by atoms with Crippen LogP contribution in [0.15, 0.2) is 39.3 Å². The number of thioether (sulfide) groups is 1. The normalized spacial score (nSPS) is 11.0. The molecule has 1 aromatic carbocycles. The molecule has 0 atom stereocenters. The van der Waals surface area contributed by atoms with E-state index in [1.165, 1.54) is 18.3 Å². The maximum Gasteiger partial charge on any atom is 0.254 e. The lowest BCUT2D eigenvalue weighted by Crippen LogP contribution is -2.21. The van der Waals surface area contributed by atoms with E-state index in [0.29, 0.717) is 28.4 Å². The molecular formula is C18H21FN4O2S. The Morgan fingerprint density at radius 1 is 1.38 bits per heavy atom. The van der Waals surface area contributed by atoms with Crippen molar-refractivity contribution in [2.45, 2.75) is 38.3 Å². The highest BCUT2D eigenvalue weighted by Gasteiger charge is 2.09. The van der Waals surface area contributed by atoms with Gasteiger partial charge in [0.15, 0.2) is 5.16 Å². The summed E-state index contributed by atoms with van der Waals surface area (Å²) in [5, 5.41) is 4.22. The molecule has 0 fully saturated rings. The molecule has 0 aliphatic carbocycles. The van der Waals surface area contributed by atoms with Crippen LogP contribution in [-0.4, -0.2) is 27.8 Å². The Balaban J connectivity index is 1.87. The van der Waals surface area contributed by atoms with Crippen LogP contribution in [0.1, 0.15) is 36.6 Å². The minimum atomic E-state index is -0.333. The van der Waals surface area contributed by atoms with Gasteiger partial charge in [0.25, 0.3) is 11.5 Å². The Morgan fingerprint density at radius 3 is 2.77 bits per heavy atom. The van der Waals surface area contributed by atoms with Crippen molar-refractivity contribution in [2.75, 3.05) is 5.75 Å². The number of unbranched alkanes of at least 4 members (excludes halogenated alkanes) is 1. The van der Waals surface area contributed by atoms with Gasteiger partial charge >= 0.3 is 0 Å². The molecular weight excluding hydrogens is 355 g/mol. The second-order valence-electron chi connectivity index (χ2n) is 5.67. The van der Waals surface area contributed by atoms with Crippen molar-refractivity contribution in [3.63, 3.8) is 0 Å². The molecule has 0 unspecified atom stereocenters. The largest absolute Gasteiger partial charge is 0.301 e. The van der Waals surface area contributed by atoms with Crippen molar-refractivity contribution in [3.8, 4) is 0 Å². The van der Waals surface area contributed by atoms with Crippen molar-refractivity contribution >= 4 is 23.9 Å². The fourth-order valence-corrected chi connectivity index (χ4v) is 2.89. The minimum absolute atomic E-state index is 0.0669. The number of aromatic amines is 1. The lowest BCUT2D eigenvalue weighted by Gasteiger charge is -2.06. The number of aromatic nitrogens is 2. The molecule has 0 aliphatic heterocycles.